The fourth-order valence-corrected chi connectivity index (χ4v) is 9.59. The molecule has 0 aliphatic carbocycles. The minimum absolute atomic E-state index is 0.0157. The maximum atomic E-state index is 14.1. The molecular formula is C47H58N8O7. The molecule has 0 spiro atoms. The van der Waals surface area contributed by atoms with Crippen LogP contribution in [0.4, 0.5) is 9.59 Å². The Morgan fingerprint density at radius 1 is 0.790 bits per heavy atom. The van der Waals surface area contributed by atoms with Crippen LogP contribution in [-0.4, -0.2) is 92.1 Å². The number of nitrogens with zero attached hydrogens (tertiary/aromatic N) is 4. The normalized spacial score (nSPS) is 21.4. The van der Waals surface area contributed by atoms with Crippen LogP contribution in [0.25, 0.3) is 44.2 Å². The van der Waals surface area contributed by atoms with E-state index in [1.54, 1.807) is 0 Å². The highest BCUT2D eigenvalue weighted by Crippen LogP contribution is 2.44. The molecule has 8 atom stereocenters. The second-order valence-electron chi connectivity index (χ2n) is 17.4. The van der Waals surface area contributed by atoms with Gasteiger partial charge in [-0.3, -0.25) is 9.59 Å². The average Bonchev–Trinajstić information content (AvgIpc) is 4.11. The highest BCUT2D eigenvalue weighted by atomic mass is 16.5. The van der Waals surface area contributed by atoms with Gasteiger partial charge in [0.2, 0.25) is 11.8 Å². The van der Waals surface area contributed by atoms with Crippen molar-refractivity contribution >= 4 is 45.8 Å². The van der Waals surface area contributed by atoms with Gasteiger partial charge in [-0.15, -0.1) is 0 Å². The largest absolute Gasteiger partial charge is 0.488 e. The van der Waals surface area contributed by atoms with Crippen LogP contribution >= 0.6 is 0 Å². The molecule has 15 nitrogen and oxygen atoms in total. The maximum absolute atomic E-state index is 14.1. The van der Waals surface area contributed by atoms with Gasteiger partial charge in [-0.05, 0) is 97.7 Å². The summed E-state index contributed by atoms with van der Waals surface area (Å²) in [7, 11) is 2.61. The number of amides is 4. The van der Waals surface area contributed by atoms with E-state index < -0.39 is 24.3 Å². The number of ether oxygens (including phenoxy) is 3. The fourth-order valence-electron chi connectivity index (χ4n) is 9.59. The van der Waals surface area contributed by atoms with Crippen LogP contribution < -0.4 is 15.4 Å². The van der Waals surface area contributed by atoms with Gasteiger partial charge in [-0.1, -0.05) is 58.7 Å². The molecular weight excluding hydrogens is 789 g/mol. The van der Waals surface area contributed by atoms with Gasteiger partial charge in [-0.25, -0.2) is 19.6 Å². The molecule has 0 radical (unpaired) electrons. The molecule has 2 fully saturated rings. The van der Waals surface area contributed by atoms with E-state index in [0.29, 0.717) is 12.4 Å². The molecule has 3 aliphatic rings. The molecule has 5 heterocycles. The second-order valence-corrected chi connectivity index (χ2v) is 17.4. The maximum Gasteiger partial charge on any atom is 0.407 e. The number of methoxy groups -OCH3 is 2. The third-order valence-corrected chi connectivity index (χ3v) is 13.6. The van der Waals surface area contributed by atoms with Crippen LogP contribution in [0.15, 0.2) is 48.7 Å². The van der Waals surface area contributed by atoms with Crippen LogP contribution in [0, 0.1) is 11.8 Å². The zero-order valence-corrected chi connectivity index (χ0v) is 36.8. The van der Waals surface area contributed by atoms with Crippen molar-refractivity contribution in [3.63, 3.8) is 0 Å². The first-order valence-electron chi connectivity index (χ1n) is 22.0. The lowest BCUT2D eigenvalue weighted by atomic mass is 9.92. The van der Waals surface area contributed by atoms with E-state index in [2.05, 4.69) is 57.0 Å². The summed E-state index contributed by atoms with van der Waals surface area (Å²) in [6, 6.07) is 12.7. The lowest BCUT2D eigenvalue weighted by molar-refractivity contribution is -0.138. The minimum atomic E-state index is -0.712. The van der Waals surface area contributed by atoms with E-state index in [9.17, 15) is 19.2 Å². The number of aromatic nitrogens is 4. The number of aromatic amines is 2. The molecule has 0 bridgehead atoms. The molecule has 0 saturated carbocycles. The van der Waals surface area contributed by atoms with Crippen molar-refractivity contribution < 1.29 is 33.4 Å². The van der Waals surface area contributed by atoms with Gasteiger partial charge < -0.3 is 44.6 Å². The molecule has 4 amide bonds. The quantitative estimate of drug-likeness (QED) is 0.102. The van der Waals surface area contributed by atoms with Crippen LogP contribution in [0.3, 0.4) is 0 Å². The number of imidazole rings is 2. The smallest absolute Gasteiger partial charge is 0.407 e. The van der Waals surface area contributed by atoms with Crippen molar-refractivity contribution in [2.75, 3.05) is 14.2 Å². The lowest BCUT2D eigenvalue weighted by Gasteiger charge is -2.33. The molecule has 62 heavy (non-hydrogen) atoms. The van der Waals surface area contributed by atoms with E-state index in [0.717, 1.165) is 99.9 Å². The van der Waals surface area contributed by atoms with Crippen molar-refractivity contribution in [2.45, 2.75) is 123 Å². The predicted molar refractivity (Wildman–Crippen MR) is 235 cm³/mol. The summed E-state index contributed by atoms with van der Waals surface area (Å²) in [5.74, 6) is 1.78. The number of hydrogen-bond acceptors (Lipinski definition) is 9. The number of alkyl carbamates (subject to hydrolysis) is 2. The molecule has 2 aromatic heterocycles. The number of carbonyl (C=O) groups is 4. The van der Waals surface area contributed by atoms with Crippen molar-refractivity contribution in [3.8, 4) is 28.1 Å². The monoisotopic (exact) mass is 846 g/mol. The van der Waals surface area contributed by atoms with Crippen molar-refractivity contribution in [3.05, 3.63) is 65.9 Å². The molecule has 3 aromatic carbocycles. The van der Waals surface area contributed by atoms with Crippen molar-refractivity contribution in [1.82, 2.24) is 40.4 Å². The first-order valence-corrected chi connectivity index (χ1v) is 22.0. The number of likely N-dealkylation sites (tertiary alicyclic amines) is 2. The van der Waals surface area contributed by atoms with Crippen molar-refractivity contribution in [1.29, 1.82) is 0 Å². The molecule has 328 valence electrons. The van der Waals surface area contributed by atoms with E-state index in [1.165, 1.54) is 14.2 Å². The Balaban J connectivity index is 1.04. The van der Waals surface area contributed by atoms with Gasteiger partial charge in [0.1, 0.15) is 36.1 Å². The Bertz CT molecular complexity index is 2510. The summed E-state index contributed by atoms with van der Waals surface area (Å²) < 4.78 is 16.2. The number of nitrogens with one attached hydrogen (secondary N) is 4. The first kappa shape index (κ1) is 42.6. The van der Waals surface area contributed by atoms with Gasteiger partial charge in [-0.2, -0.15) is 0 Å². The number of rotatable bonds is 11. The van der Waals surface area contributed by atoms with Crippen LogP contribution in [0.5, 0.6) is 5.75 Å². The molecule has 15 heteroatoms. The molecule has 4 N–H and O–H groups in total. The summed E-state index contributed by atoms with van der Waals surface area (Å²) in [6.45, 7) is 12.4. The highest BCUT2D eigenvalue weighted by molar-refractivity contribution is 6.07. The average molecular weight is 847 g/mol. The Hall–Kier alpha value is -6.12. The minimum Gasteiger partial charge on any atom is -0.488 e. The second kappa shape index (κ2) is 17.3. The fraction of sp³-hybridized carbons (Fsp3) is 0.489. The molecule has 2 saturated heterocycles. The molecule has 5 aromatic rings. The van der Waals surface area contributed by atoms with Gasteiger partial charge in [0, 0.05) is 23.0 Å². The van der Waals surface area contributed by atoms with Crippen LogP contribution in [0.2, 0.25) is 0 Å². The predicted octanol–water partition coefficient (Wildman–Crippen LogP) is 8.31. The number of carbonyl (C=O) groups excluding carboxylic acids is 4. The van der Waals surface area contributed by atoms with Gasteiger partial charge >= 0.3 is 12.2 Å². The third-order valence-electron chi connectivity index (χ3n) is 13.6. The SMILES string of the molecule is CC[C@H](C)C(NC(=O)OC)C(=O)N1[C@@H](C)CC[C@H]1c1ncc(-c2ccc3c(c2)COc2cc4c(ccc5[nH]c([C@@H]6CC[C@H](C)N6C(=O)C(NC(=O)OC)[C@@H](C)CC)nc54)cc2-3)[nH]1. The number of H-pyrrole nitrogens is 2. The highest BCUT2D eigenvalue weighted by Gasteiger charge is 2.43. The number of benzene rings is 3. The van der Waals surface area contributed by atoms with E-state index in [4.69, 9.17) is 24.2 Å². The molecule has 3 aliphatic heterocycles. The topological polar surface area (TPSA) is 184 Å². The Morgan fingerprint density at radius 2 is 1.40 bits per heavy atom. The number of hydrogen-bond donors (Lipinski definition) is 4. The summed E-state index contributed by atoms with van der Waals surface area (Å²) in [5, 5.41) is 7.53. The van der Waals surface area contributed by atoms with E-state index >= 15 is 0 Å². The summed E-state index contributed by atoms with van der Waals surface area (Å²) >= 11 is 0. The Labute approximate surface area is 361 Å². The standard InChI is InChI=1S/C47H58N8O7/c1-9-24(3)39(52-46(58)60-7)44(56)54-26(5)11-17-36(54)42-48-22-35(50-42)29-13-15-31-30(19-29)23-62-38-21-32-28(20-33(31)38)14-16-34-41(32)51-43(49-34)37-18-12-27(6)55(37)45(57)40(25(4)10-2)53-47(59)61-8/h13-16,19-22,24-27,36-37,39-40H,9-12,17-18,23H2,1-8H3,(H,48,50)(H,49,51)(H,52,58)(H,53,59)/t24-,25-,26-,27-,36-,37-,39?,40?/m0/s1. The van der Waals surface area contributed by atoms with Gasteiger partial charge in [0.25, 0.3) is 0 Å². The zero-order valence-electron chi connectivity index (χ0n) is 36.8. The number of fused-ring (bicyclic) bond motifs is 6. The van der Waals surface area contributed by atoms with Crippen molar-refractivity contribution in [2.24, 2.45) is 11.8 Å². The summed E-state index contributed by atoms with van der Waals surface area (Å²) in [5.41, 5.74) is 6.60. The Morgan fingerprint density at radius 3 is 2.00 bits per heavy atom. The van der Waals surface area contributed by atoms with Crippen LogP contribution in [0.1, 0.15) is 109 Å². The van der Waals surface area contributed by atoms with E-state index in [-0.39, 0.29) is 47.8 Å². The molecule has 8 rings (SSSR count). The van der Waals surface area contributed by atoms with Gasteiger partial charge in [0.05, 0.1) is 49.2 Å². The van der Waals surface area contributed by atoms with Gasteiger partial charge in [0.15, 0.2) is 0 Å². The third kappa shape index (κ3) is 7.70. The zero-order chi connectivity index (χ0) is 44.0. The first-order chi connectivity index (χ1) is 29.8. The lowest BCUT2D eigenvalue weighted by Crippen LogP contribution is -2.53. The Kier molecular flexibility index (Phi) is 11.9. The molecule has 2 unspecified atom stereocenters. The van der Waals surface area contributed by atoms with Crippen LogP contribution in [-0.2, 0) is 25.7 Å². The summed E-state index contributed by atoms with van der Waals surface area (Å²) in [4.78, 5) is 73.4. The van der Waals surface area contributed by atoms with E-state index in [1.807, 2.05) is 63.6 Å². The summed E-state index contributed by atoms with van der Waals surface area (Å²) in [6.07, 6.45) is 5.17.